The largest absolute Gasteiger partial charge is 0.342 e. The number of aryl methyl sites for hydroxylation is 1. The van der Waals surface area contributed by atoms with Gasteiger partial charge < -0.3 is 5.32 Å². The summed E-state index contributed by atoms with van der Waals surface area (Å²) in [6.45, 7) is 2.75. The van der Waals surface area contributed by atoms with Crippen LogP contribution in [0.3, 0.4) is 0 Å². The summed E-state index contributed by atoms with van der Waals surface area (Å²) in [5.74, 6) is 1.13. The van der Waals surface area contributed by atoms with Crippen molar-refractivity contribution < 1.29 is 4.79 Å². The Labute approximate surface area is 132 Å². The molecule has 1 aliphatic rings. The van der Waals surface area contributed by atoms with Crippen molar-refractivity contribution in [2.75, 3.05) is 0 Å². The SMILES string of the molecule is CCn1ncnc1C(NC(=O)c1ccc2n[nH]nc2c1)C1CC1. The Morgan fingerprint density at radius 2 is 2.22 bits per heavy atom. The highest BCUT2D eigenvalue weighted by Crippen LogP contribution is 2.40. The van der Waals surface area contributed by atoms with Gasteiger partial charge >= 0.3 is 0 Å². The molecule has 1 amide bonds. The molecule has 0 saturated heterocycles. The molecule has 1 unspecified atom stereocenters. The zero-order valence-electron chi connectivity index (χ0n) is 12.7. The van der Waals surface area contributed by atoms with Gasteiger partial charge in [-0.2, -0.15) is 20.5 Å². The summed E-state index contributed by atoms with van der Waals surface area (Å²) < 4.78 is 1.84. The molecule has 0 spiro atoms. The number of hydrogen-bond donors (Lipinski definition) is 2. The molecule has 0 bridgehead atoms. The minimum absolute atomic E-state index is 0.0991. The number of rotatable bonds is 5. The van der Waals surface area contributed by atoms with Gasteiger partial charge in [-0.05, 0) is 43.9 Å². The molecule has 2 N–H and O–H groups in total. The molecule has 0 aliphatic heterocycles. The van der Waals surface area contributed by atoms with Crippen LogP contribution in [0.5, 0.6) is 0 Å². The average molecular weight is 311 g/mol. The molecule has 1 aliphatic carbocycles. The molecular weight excluding hydrogens is 294 g/mol. The summed E-state index contributed by atoms with van der Waals surface area (Å²) in [7, 11) is 0. The maximum absolute atomic E-state index is 12.6. The first-order valence-electron chi connectivity index (χ1n) is 7.75. The number of H-pyrrole nitrogens is 1. The Hall–Kier alpha value is -2.77. The number of fused-ring (bicyclic) bond motifs is 1. The van der Waals surface area contributed by atoms with Gasteiger partial charge in [0.2, 0.25) is 0 Å². The fourth-order valence-electron chi connectivity index (χ4n) is 2.79. The number of amides is 1. The Morgan fingerprint density at radius 1 is 1.39 bits per heavy atom. The van der Waals surface area contributed by atoms with E-state index in [4.69, 9.17) is 0 Å². The van der Waals surface area contributed by atoms with Gasteiger partial charge in [0.05, 0.1) is 6.04 Å². The topological polar surface area (TPSA) is 101 Å². The number of aromatic amines is 1. The van der Waals surface area contributed by atoms with Gasteiger partial charge in [0.25, 0.3) is 5.91 Å². The first-order valence-corrected chi connectivity index (χ1v) is 7.75. The van der Waals surface area contributed by atoms with E-state index in [0.29, 0.717) is 17.0 Å². The Bertz CT molecular complexity index is 848. The number of carbonyl (C=O) groups excluding carboxylic acids is 1. The molecule has 118 valence electrons. The third kappa shape index (κ3) is 2.56. The van der Waals surface area contributed by atoms with Crippen LogP contribution in [0.1, 0.15) is 42.0 Å². The van der Waals surface area contributed by atoms with Gasteiger partial charge in [0.15, 0.2) is 0 Å². The zero-order chi connectivity index (χ0) is 15.8. The normalized spacial score (nSPS) is 15.7. The predicted molar refractivity (Wildman–Crippen MR) is 82.5 cm³/mol. The highest BCUT2D eigenvalue weighted by Gasteiger charge is 2.36. The molecule has 23 heavy (non-hydrogen) atoms. The number of benzene rings is 1. The maximum Gasteiger partial charge on any atom is 0.251 e. The summed E-state index contributed by atoms with van der Waals surface area (Å²) in [4.78, 5) is 17.0. The minimum atomic E-state index is -0.127. The van der Waals surface area contributed by atoms with Crippen LogP contribution in [-0.2, 0) is 6.54 Å². The van der Waals surface area contributed by atoms with Crippen LogP contribution < -0.4 is 5.32 Å². The van der Waals surface area contributed by atoms with E-state index in [1.54, 1.807) is 24.5 Å². The van der Waals surface area contributed by atoms with Crippen molar-refractivity contribution in [2.24, 2.45) is 5.92 Å². The monoisotopic (exact) mass is 311 g/mol. The second-order valence-electron chi connectivity index (χ2n) is 5.75. The number of nitrogens with one attached hydrogen (secondary N) is 2. The van der Waals surface area contributed by atoms with E-state index in [1.807, 2.05) is 11.6 Å². The first kappa shape index (κ1) is 13.9. The lowest BCUT2D eigenvalue weighted by Gasteiger charge is -2.18. The fraction of sp³-hybridized carbons (Fsp3) is 0.400. The van der Waals surface area contributed by atoms with Crippen LogP contribution in [0, 0.1) is 5.92 Å². The van der Waals surface area contributed by atoms with Gasteiger partial charge in [0, 0.05) is 12.1 Å². The van der Waals surface area contributed by atoms with Crippen LogP contribution in [0.25, 0.3) is 11.0 Å². The third-order valence-corrected chi connectivity index (χ3v) is 4.18. The highest BCUT2D eigenvalue weighted by molar-refractivity contribution is 5.97. The average Bonchev–Trinajstić information content (AvgIpc) is 3.12. The van der Waals surface area contributed by atoms with Crippen molar-refractivity contribution >= 4 is 16.9 Å². The minimum Gasteiger partial charge on any atom is -0.342 e. The maximum atomic E-state index is 12.6. The van der Waals surface area contributed by atoms with Crippen molar-refractivity contribution in [1.82, 2.24) is 35.5 Å². The number of hydrogen-bond acceptors (Lipinski definition) is 5. The van der Waals surface area contributed by atoms with E-state index in [-0.39, 0.29) is 11.9 Å². The van der Waals surface area contributed by atoms with Crippen LogP contribution in [0.15, 0.2) is 24.5 Å². The predicted octanol–water partition coefficient (Wildman–Crippen LogP) is 1.45. The Morgan fingerprint density at radius 3 is 3.00 bits per heavy atom. The van der Waals surface area contributed by atoms with Crippen LogP contribution >= 0.6 is 0 Å². The lowest BCUT2D eigenvalue weighted by atomic mass is 10.1. The van der Waals surface area contributed by atoms with E-state index in [2.05, 4.69) is 30.8 Å². The molecule has 8 heteroatoms. The number of carbonyl (C=O) groups is 1. The molecule has 1 saturated carbocycles. The summed E-state index contributed by atoms with van der Waals surface area (Å²) in [6.07, 6.45) is 3.75. The zero-order valence-corrected chi connectivity index (χ0v) is 12.7. The molecule has 2 aromatic heterocycles. The highest BCUT2D eigenvalue weighted by atomic mass is 16.1. The quantitative estimate of drug-likeness (QED) is 0.742. The molecule has 0 radical (unpaired) electrons. The van der Waals surface area contributed by atoms with E-state index < -0.39 is 0 Å². The second kappa shape index (κ2) is 5.45. The first-order chi connectivity index (χ1) is 11.3. The van der Waals surface area contributed by atoms with E-state index in [1.165, 1.54) is 0 Å². The summed E-state index contributed by atoms with van der Waals surface area (Å²) in [5.41, 5.74) is 1.99. The molecular formula is C15H17N7O. The molecule has 1 aromatic carbocycles. The van der Waals surface area contributed by atoms with Crippen LogP contribution in [0.2, 0.25) is 0 Å². The van der Waals surface area contributed by atoms with Gasteiger partial charge in [0.1, 0.15) is 23.2 Å². The lowest BCUT2D eigenvalue weighted by Crippen LogP contribution is -2.32. The van der Waals surface area contributed by atoms with Crippen molar-refractivity contribution in [2.45, 2.75) is 32.4 Å². The fourth-order valence-corrected chi connectivity index (χ4v) is 2.79. The van der Waals surface area contributed by atoms with E-state index in [9.17, 15) is 4.79 Å². The van der Waals surface area contributed by atoms with Gasteiger partial charge in [-0.3, -0.25) is 4.79 Å². The Kier molecular flexibility index (Phi) is 3.29. The van der Waals surface area contributed by atoms with Crippen molar-refractivity contribution in [3.63, 3.8) is 0 Å². The smallest absolute Gasteiger partial charge is 0.251 e. The number of nitrogens with zero attached hydrogens (tertiary/aromatic N) is 5. The molecule has 8 nitrogen and oxygen atoms in total. The van der Waals surface area contributed by atoms with Crippen LogP contribution in [-0.4, -0.2) is 36.1 Å². The van der Waals surface area contributed by atoms with Gasteiger partial charge in [-0.1, -0.05) is 0 Å². The van der Waals surface area contributed by atoms with E-state index in [0.717, 1.165) is 30.7 Å². The molecule has 1 atom stereocenters. The Balaban J connectivity index is 1.60. The summed E-state index contributed by atoms with van der Waals surface area (Å²) in [5, 5.41) is 17.9. The standard InChI is InChI=1S/C15H17N7O/c1-2-22-14(16-8-17-22)13(9-3-4-9)18-15(23)10-5-6-11-12(7-10)20-21-19-11/h5-9,13H,2-4H2,1H3,(H,18,23)(H,19,20,21). The molecule has 4 rings (SSSR count). The van der Waals surface area contributed by atoms with Crippen molar-refractivity contribution in [3.05, 3.63) is 35.9 Å². The number of aromatic nitrogens is 6. The summed E-state index contributed by atoms with van der Waals surface area (Å²) in [6, 6.07) is 5.18. The second-order valence-corrected chi connectivity index (χ2v) is 5.75. The third-order valence-electron chi connectivity index (χ3n) is 4.18. The molecule has 1 fully saturated rings. The molecule has 2 heterocycles. The van der Waals surface area contributed by atoms with Crippen molar-refractivity contribution in [1.29, 1.82) is 0 Å². The van der Waals surface area contributed by atoms with Gasteiger partial charge in [-0.25, -0.2) is 9.67 Å². The van der Waals surface area contributed by atoms with E-state index >= 15 is 0 Å². The van der Waals surface area contributed by atoms with Gasteiger partial charge in [-0.15, -0.1) is 0 Å². The summed E-state index contributed by atoms with van der Waals surface area (Å²) >= 11 is 0. The lowest BCUT2D eigenvalue weighted by molar-refractivity contribution is 0.0928. The van der Waals surface area contributed by atoms with Crippen molar-refractivity contribution in [3.8, 4) is 0 Å². The van der Waals surface area contributed by atoms with Crippen LogP contribution in [0.4, 0.5) is 0 Å². The molecule has 3 aromatic rings.